The Morgan fingerprint density at radius 3 is 2.72 bits per heavy atom. The minimum absolute atomic E-state index is 0.160. The number of nitrogens with one attached hydrogen (secondary N) is 1. The standard InChI is InChI=1S/C21H23N3O5/c1-20(2)11-13(5-8-28-20)12-3-4-15-14(9-12)10-16(17(25)26)24(15)21(6-7-21)18-22-19(27)29-23-18/h3-4,9-10,13H,5-8,11H2,1-2H3,(H,25,26)(H,22,23,27)/t13-/m1/s1. The van der Waals surface area contributed by atoms with E-state index in [-0.39, 0.29) is 11.3 Å². The van der Waals surface area contributed by atoms with E-state index in [1.807, 2.05) is 6.07 Å². The molecule has 8 heteroatoms. The lowest BCUT2D eigenvalue weighted by Gasteiger charge is -2.35. The van der Waals surface area contributed by atoms with Crippen LogP contribution in [0.2, 0.25) is 0 Å². The molecule has 3 aromatic rings. The first-order valence-corrected chi connectivity index (χ1v) is 9.89. The highest BCUT2D eigenvalue weighted by atomic mass is 16.5. The number of aromatic carboxylic acids is 1. The van der Waals surface area contributed by atoms with Crippen molar-refractivity contribution in [1.82, 2.24) is 14.7 Å². The summed E-state index contributed by atoms with van der Waals surface area (Å²) < 4.78 is 12.3. The van der Waals surface area contributed by atoms with Crippen LogP contribution in [0.15, 0.2) is 33.6 Å². The number of aromatic amines is 1. The molecule has 3 heterocycles. The Hall–Kier alpha value is -2.87. The number of nitrogens with zero attached hydrogens (tertiary/aromatic N) is 2. The largest absolute Gasteiger partial charge is 0.477 e. The van der Waals surface area contributed by atoms with E-state index in [4.69, 9.17) is 4.74 Å². The molecule has 2 aromatic heterocycles. The minimum atomic E-state index is -1.01. The number of hydrogen-bond acceptors (Lipinski definition) is 5. The summed E-state index contributed by atoms with van der Waals surface area (Å²) in [6.07, 6.45) is 3.26. The van der Waals surface area contributed by atoms with Crippen LogP contribution >= 0.6 is 0 Å². The SMILES string of the molecule is CC1(C)C[C@H](c2ccc3c(c2)cc(C(=O)O)n3C2(c3noc(=O)[nH]3)CC2)CCO1. The normalized spacial score (nSPS) is 22.6. The lowest BCUT2D eigenvalue weighted by molar-refractivity contribution is -0.0592. The highest BCUT2D eigenvalue weighted by molar-refractivity contribution is 5.95. The number of fused-ring (bicyclic) bond motifs is 1. The molecule has 0 amide bonds. The molecule has 1 aliphatic heterocycles. The van der Waals surface area contributed by atoms with Gasteiger partial charge in [-0.2, -0.15) is 0 Å². The third-order valence-corrected chi connectivity index (χ3v) is 6.25. The maximum atomic E-state index is 12.0. The molecule has 2 aliphatic rings. The number of ether oxygens (including phenoxy) is 1. The van der Waals surface area contributed by atoms with Gasteiger partial charge in [-0.1, -0.05) is 11.2 Å². The Morgan fingerprint density at radius 2 is 2.10 bits per heavy atom. The lowest BCUT2D eigenvalue weighted by atomic mass is 9.83. The van der Waals surface area contributed by atoms with Crippen molar-refractivity contribution < 1.29 is 19.2 Å². The summed E-state index contributed by atoms with van der Waals surface area (Å²) in [6, 6.07) is 7.87. The fourth-order valence-corrected chi connectivity index (χ4v) is 4.74. The van der Waals surface area contributed by atoms with Gasteiger partial charge in [-0.25, -0.2) is 9.59 Å². The van der Waals surface area contributed by atoms with Gasteiger partial charge in [0, 0.05) is 17.5 Å². The van der Waals surface area contributed by atoms with Crippen LogP contribution < -0.4 is 5.76 Å². The average Bonchev–Trinajstić information content (AvgIpc) is 3.17. The van der Waals surface area contributed by atoms with E-state index in [2.05, 4.69) is 40.6 Å². The number of carboxylic acids is 1. The summed E-state index contributed by atoms with van der Waals surface area (Å²) in [5, 5.41) is 14.6. The van der Waals surface area contributed by atoms with Crippen molar-refractivity contribution in [3.05, 3.63) is 51.9 Å². The minimum Gasteiger partial charge on any atom is -0.477 e. The highest BCUT2D eigenvalue weighted by Crippen LogP contribution is 2.50. The Bertz CT molecular complexity index is 1160. The molecule has 152 valence electrons. The molecule has 5 rings (SSSR count). The molecule has 1 aliphatic carbocycles. The van der Waals surface area contributed by atoms with E-state index in [0.29, 0.717) is 24.6 Å². The Kier molecular flexibility index (Phi) is 3.80. The fourth-order valence-electron chi connectivity index (χ4n) is 4.74. The van der Waals surface area contributed by atoms with Crippen LogP contribution in [0.4, 0.5) is 0 Å². The van der Waals surface area contributed by atoms with Gasteiger partial charge in [-0.3, -0.25) is 9.51 Å². The molecule has 29 heavy (non-hydrogen) atoms. The number of H-pyrrole nitrogens is 1. The summed E-state index contributed by atoms with van der Waals surface area (Å²) >= 11 is 0. The zero-order chi connectivity index (χ0) is 20.4. The van der Waals surface area contributed by atoms with E-state index in [1.165, 1.54) is 5.56 Å². The molecule has 0 spiro atoms. The van der Waals surface area contributed by atoms with Crippen LogP contribution in [0, 0.1) is 0 Å². The van der Waals surface area contributed by atoms with Gasteiger partial charge in [0.25, 0.3) is 0 Å². The van der Waals surface area contributed by atoms with Crippen molar-refractivity contribution in [2.45, 2.75) is 56.6 Å². The predicted octanol–water partition coefficient (Wildman–Crippen LogP) is 3.23. The highest BCUT2D eigenvalue weighted by Gasteiger charge is 2.52. The molecule has 0 radical (unpaired) electrons. The van der Waals surface area contributed by atoms with Crippen molar-refractivity contribution in [3.8, 4) is 0 Å². The number of carboxylic acid groups (broad SMARTS) is 1. The van der Waals surface area contributed by atoms with Gasteiger partial charge in [0.15, 0.2) is 5.82 Å². The Labute approximate surface area is 166 Å². The van der Waals surface area contributed by atoms with E-state index >= 15 is 0 Å². The first-order chi connectivity index (χ1) is 13.8. The van der Waals surface area contributed by atoms with Crippen molar-refractivity contribution in [1.29, 1.82) is 0 Å². The van der Waals surface area contributed by atoms with E-state index in [0.717, 1.165) is 30.4 Å². The molecule has 2 N–H and O–H groups in total. The van der Waals surface area contributed by atoms with Gasteiger partial charge >= 0.3 is 11.7 Å². The quantitative estimate of drug-likeness (QED) is 0.699. The van der Waals surface area contributed by atoms with Crippen molar-refractivity contribution in [2.24, 2.45) is 0 Å². The number of carbonyl (C=O) groups is 1. The van der Waals surface area contributed by atoms with Gasteiger partial charge in [0.1, 0.15) is 11.2 Å². The van der Waals surface area contributed by atoms with Crippen molar-refractivity contribution in [2.75, 3.05) is 6.61 Å². The molecule has 1 saturated carbocycles. The monoisotopic (exact) mass is 397 g/mol. The number of rotatable bonds is 4. The lowest BCUT2D eigenvalue weighted by Crippen LogP contribution is -2.32. The molecule has 0 unspecified atom stereocenters. The number of hydrogen-bond donors (Lipinski definition) is 2. The second-order valence-electron chi connectivity index (χ2n) is 8.76. The van der Waals surface area contributed by atoms with Crippen LogP contribution in [0.25, 0.3) is 10.9 Å². The molecule has 8 nitrogen and oxygen atoms in total. The fraction of sp³-hybridized carbons (Fsp3) is 0.476. The van der Waals surface area contributed by atoms with Crippen molar-refractivity contribution in [3.63, 3.8) is 0 Å². The zero-order valence-corrected chi connectivity index (χ0v) is 16.4. The maximum absolute atomic E-state index is 12.0. The summed E-state index contributed by atoms with van der Waals surface area (Å²) in [7, 11) is 0. The van der Waals surface area contributed by atoms with Crippen LogP contribution in [-0.4, -0.2) is 38.0 Å². The first kappa shape index (κ1) is 18.2. The number of benzene rings is 1. The first-order valence-electron chi connectivity index (χ1n) is 9.89. The predicted molar refractivity (Wildman–Crippen MR) is 104 cm³/mol. The maximum Gasteiger partial charge on any atom is 0.438 e. The summed E-state index contributed by atoms with van der Waals surface area (Å²) in [5.41, 5.74) is 1.36. The van der Waals surface area contributed by atoms with Crippen LogP contribution in [0.5, 0.6) is 0 Å². The molecule has 1 saturated heterocycles. The third kappa shape index (κ3) is 2.90. The van der Waals surface area contributed by atoms with Crippen LogP contribution in [0.3, 0.4) is 0 Å². The molecule has 1 aromatic carbocycles. The smallest absolute Gasteiger partial charge is 0.438 e. The molecular formula is C21H23N3O5. The van der Waals surface area contributed by atoms with Crippen LogP contribution in [0.1, 0.15) is 67.3 Å². The Morgan fingerprint density at radius 1 is 1.31 bits per heavy atom. The topological polar surface area (TPSA) is 110 Å². The van der Waals surface area contributed by atoms with Crippen molar-refractivity contribution >= 4 is 16.9 Å². The number of aromatic nitrogens is 3. The summed E-state index contributed by atoms with van der Waals surface area (Å²) in [4.78, 5) is 26.1. The van der Waals surface area contributed by atoms with Gasteiger partial charge in [0.05, 0.1) is 5.60 Å². The molecule has 0 bridgehead atoms. The Balaban J connectivity index is 1.63. The van der Waals surface area contributed by atoms with Gasteiger partial charge < -0.3 is 14.4 Å². The zero-order valence-electron chi connectivity index (χ0n) is 16.4. The van der Waals surface area contributed by atoms with Crippen LogP contribution in [-0.2, 0) is 10.3 Å². The van der Waals surface area contributed by atoms with E-state index in [9.17, 15) is 14.7 Å². The van der Waals surface area contributed by atoms with Gasteiger partial charge in [0.2, 0.25) is 0 Å². The molecule has 2 fully saturated rings. The third-order valence-electron chi connectivity index (χ3n) is 6.25. The second kappa shape index (κ2) is 6.06. The summed E-state index contributed by atoms with van der Waals surface area (Å²) in [5.74, 6) is -0.893. The van der Waals surface area contributed by atoms with E-state index in [1.54, 1.807) is 10.6 Å². The summed E-state index contributed by atoms with van der Waals surface area (Å²) in [6.45, 7) is 4.93. The van der Waals surface area contributed by atoms with Gasteiger partial charge in [-0.05, 0) is 69.2 Å². The average molecular weight is 397 g/mol. The molecular weight excluding hydrogens is 374 g/mol. The second-order valence-corrected chi connectivity index (χ2v) is 8.76. The molecule has 1 atom stereocenters. The van der Waals surface area contributed by atoms with E-state index < -0.39 is 17.3 Å². The van der Waals surface area contributed by atoms with Gasteiger partial charge in [-0.15, -0.1) is 0 Å².